The molecule has 0 aromatic heterocycles. The van der Waals surface area contributed by atoms with Crippen molar-refractivity contribution >= 4 is 17.7 Å². The second kappa shape index (κ2) is 11.2. The molecule has 1 saturated heterocycles. The summed E-state index contributed by atoms with van der Waals surface area (Å²) in [6.07, 6.45) is 3.40. The normalized spacial score (nSPS) is 34.4. The number of hydrogen-bond acceptors (Lipinski definition) is 6. The van der Waals surface area contributed by atoms with Crippen molar-refractivity contribution in [3.8, 4) is 5.75 Å². The number of amides is 2. The Morgan fingerprint density at radius 1 is 1.08 bits per heavy atom. The summed E-state index contributed by atoms with van der Waals surface area (Å²) in [6.45, 7) is 7.83. The Kier molecular flexibility index (Phi) is 8.38. The number of likely N-dealkylation sites (tertiary alicyclic amines) is 1. The molecule has 8 heteroatoms. The number of carbonyl (C=O) groups is 2. The van der Waals surface area contributed by atoms with Crippen LogP contribution in [-0.2, 0) is 9.53 Å². The van der Waals surface area contributed by atoms with Gasteiger partial charge < -0.3 is 24.6 Å². The molecule has 1 aromatic carbocycles. The average molecular weight is 517 g/mol. The van der Waals surface area contributed by atoms with Gasteiger partial charge >= 0.3 is 6.09 Å². The number of ether oxygens (including phenoxy) is 2. The number of nitrogens with one attached hydrogen (secondary N) is 1. The van der Waals surface area contributed by atoms with Crippen molar-refractivity contribution in [1.29, 1.82) is 0 Å². The highest BCUT2D eigenvalue weighted by molar-refractivity contribution is 5.84. The molecule has 0 radical (unpaired) electrons. The van der Waals surface area contributed by atoms with Crippen molar-refractivity contribution in [1.82, 2.24) is 4.90 Å². The highest BCUT2D eigenvalue weighted by atomic mass is 16.6. The summed E-state index contributed by atoms with van der Waals surface area (Å²) in [5.41, 5.74) is -0.407. The number of piperidine rings is 1. The lowest BCUT2D eigenvalue weighted by Gasteiger charge is -2.60. The average Bonchev–Trinajstić information content (AvgIpc) is 2.88. The number of aliphatic hydroxyl groups excluding tert-OH is 2. The number of benzene rings is 1. The van der Waals surface area contributed by atoms with Crippen molar-refractivity contribution in [2.45, 2.75) is 77.9 Å². The second-order valence-electron chi connectivity index (χ2n) is 12.0. The molecule has 4 rings (SSSR count). The molecule has 206 valence electrons. The van der Waals surface area contributed by atoms with E-state index in [1.807, 2.05) is 11.8 Å². The van der Waals surface area contributed by atoms with Crippen molar-refractivity contribution in [2.75, 3.05) is 32.1 Å². The number of fused-ring (bicyclic) bond motifs is 1. The zero-order chi connectivity index (χ0) is 26.8. The number of methoxy groups -OCH3 is 1. The Morgan fingerprint density at radius 3 is 2.38 bits per heavy atom. The van der Waals surface area contributed by atoms with E-state index in [2.05, 4.69) is 19.2 Å². The van der Waals surface area contributed by atoms with E-state index in [1.165, 1.54) is 0 Å². The Hall–Kier alpha value is -2.32. The monoisotopic (exact) mass is 516 g/mol. The van der Waals surface area contributed by atoms with E-state index < -0.39 is 23.7 Å². The lowest BCUT2D eigenvalue weighted by Crippen LogP contribution is -2.61. The van der Waals surface area contributed by atoms with Gasteiger partial charge in [-0.15, -0.1) is 0 Å². The summed E-state index contributed by atoms with van der Waals surface area (Å²) in [5, 5.41) is 24.5. The first-order valence-corrected chi connectivity index (χ1v) is 13.8. The maximum Gasteiger partial charge on any atom is 0.411 e. The molecule has 1 aliphatic heterocycles. The van der Waals surface area contributed by atoms with Crippen LogP contribution in [0.25, 0.3) is 0 Å². The summed E-state index contributed by atoms with van der Waals surface area (Å²) < 4.78 is 11.1. The van der Waals surface area contributed by atoms with Crippen LogP contribution in [0.15, 0.2) is 24.3 Å². The Morgan fingerprint density at radius 2 is 1.76 bits per heavy atom. The van der Waals surface area contributed by atoms with Gasteiger partial charge in [0.05, 0.1) is 19.8 Å². The topological polar surface area (TPSA) is 108 Å². The van der Waals surface area contributed by atoms with E-state index in [0.717, 1.165) is 38.8 Å². The number of hydrogen-bond donors (Lipinski definition) is 3. The van der Waals surface area contributed by atoms with Crippen LogP contribution < -0.4 is 10.1 Å². The van der Waals surface area contributed by atoms with Crippen LogP contribution in [-0.4, -0.2) is 66.1 Å². The largest absolute Gasteiger partial charge is 0.497 e. The highest BCUT2D eigenvalue weighted by Crippen LogP contribution is 2.61. The number of nitrogens with zero attached hydrogens (tertiary/aromatic N) is 1. The van der Waals surface area contributed by atoms with Crippen LogP contribution in [0, 0.1) is 28.6 Å². The standard InChI is InChI=1S/C29H44N2O6/c1-19-12-15-31(16-13-19)26(34)17-22-23(33)9-10-24-28(22,2)14-11-25(29(24,3)18-32)37-27(35)30-20-5-7-21(36-4)8-6-20/h5-8,19,22-25,32-33H,9-18H2,1-4H3,(H,30,35). The third-order valence-corrected chi connectivity index (χ3v) is 9.79. The fourth-order valence-electron chi connectivity index (χ4n) is 7.31. The number of aliphatic hydroxyl groups is 2. The summed E-state index contributed by atoms with van der Waals surface area (Å²) in [4.78, 5) is 28.0. The summed E-state index contributed by atoms with van der Waals surface area (Å²) in [7, 11) is 1.59. The van der Waals surface area contributed by atoms with Gasteiger partial charge in [-0.05, 0) is 86.0 Å². The zero-order valence-electron chi connectivity index (χ0n) is 22.7. The second-order valence-corrected chi connectivity index (χ2v) is 12.0. The summed E-state index contributed by atoms with van der Waals surface area (Å²) >= 11 is 0. The van der Waals surface area contributed by atoms with Crippen LogP contribution >= 0.6 is 0 Å². The smallest absolute Gasteiger partial charge is 0.411 e. The molecule has 6 atom stereocenters. The molecule has 3 N–H and O–H groups in total. The van der Waals surface area contributed by atoms with Crippen molar-refractivity contribution < 1.29 is 29.3 Å². The molecule has 2 amide bonds. The van der Waals surface area contributed by atoms with Gasteiger partial charge in [0.2, 0.25) is 5.91 Å². The quantitative estimate of drug-likeness (QED) is 0.516. The van der Waals surface area contributed by atoms with Crippen LogP contribution in [0.5, 0.6) is 5.75 Å². The Bertz CT molecular complexity index is 946. The SMILES string of the molecule is COc1ccc(NC(=O)OC2CCC3(C)C(CC(=O)N4CCC(C)CC4)C(O)CCC3C2(C)CO)cc1. The molecular weight excluding hydrogens is 472 g/mol. The lowest BCUT2D eigenvalue weighted by atomic mass is 9.46. The fraction of sp³-hybridized carbons (Fsp3) is 0.724. The first-order valence-electron chi connectivity index (χ1n) is 13.8. The van der Waals surface area contributed by atoms with Gasteiger partial charge in [0.25, 0.3) is 0 Å². The molecule has 1 aromatic rings. The molecule has 37 heavy (non-hydrogen) atoms. The highest BCUT2D eigenvalue weighted by Gasteiger charge is 2.60. The first kappa shape index (κ1) is 27.7. The Labute approximate surface area is 220 Å². The zero-order valence-corrected chi connectivity index (χ0v) is 22.7. The molecule has 0 spiro atoms. The van der Waals surface area contributed by atoms with Crippen LogP contribution in [0.3, 0.4) is 0 Å². The van der Waals surface area contributed by atoms with Gasteiger partial charge in [0, 0.05) is 30.6 Å². The predicted octanol–water partition coefficient (Wildman–Crippen LogP) is 4.45. The van der Waals surface area contributed by atoms with E-state index in [4.69, 9.17) is 9.47 Å². The Balaban J connectivity index is 1.46. The first-order chi connectivity index (χ1) is 17.6. The molecule has 8 nitrogen and oxygen atoms in total. The molecular formula is C29H44N2O6. The van der Waals surface area contributed by atoms with E-state index in [-0.39, 0.29) is 29.8 Å². The van der Waals surface area contributed by atoms with Crippen LogP contribution in [0.4, 0.5) is 10.5 Å². The molecule has 0 bridgehead atoms. The van der Waals surface area contributed by atoms with Crippen molar-refractivity contribution in [2.24, 2.45) is 28.6 Å². The molecule has 6 unspecified atom stereocenters. The minimum atomic E-state index is -0.674. The van der Waals surface area contributed by atoms with Crippen molar-refractivity contribution in [3.63, 3.8) is 0 Å². The lowest BCUT2D eigenvalue weighted by molar-refractivity contribution is -0.186. The fourth-order valence-corrected chi connectivity index (χ4v) is 7.31. The molecule has 2 saturated carbocycles. The molecule has 1 heterocycles. The van der Waals surface area contributed by atoms with Crippen LogP contribution in [0.2, 0.25) is 0 Å². The van der Waals surface area contributed by atoms with E-state index in [9.17, 15) is 19.8 Å². The van der Waals surface area contributed by atoms with E-state index in [0.29, 0.717) is 36.6 Å². The molecule has 3 fully saturated rings. The molecule has 2 aliphatic carbocycles. The minimum Gasteiger partial charge on any atom is -0.497 e. The van der Waals surface area contributed by atoms with Gasteiger partial charge in [-0.2, -0.15) is 0 Å². The van der Waals surface area contributed by atoms with E-state index >= 15 is 0 Å². The number of carbonyl (C=O) groups excluding carboxylic acids is 2. The predicted molar refractivity (Wildman–Crippen MR) is 141 cm³/mol. The van der Waals surface area contributed by atoms with Gasteiger partial charge in [-0.25, -0.2) is 4.79 Å². The number of anilines is 1. The van der Waals surface area contributed by atoms with E-state index in [1.54, 1.807) is 31.4 Å². The van der Waals surface area contributed by atoms with Gasteiger partial charge in [-0.3, -0.25) is 10.1 Å². The maximum atomic E-state index is 13.3. The van der Waals surface area contributed by atoms with Gasteiger partial charge in [0.15, 0.2) is 0 Å². The minimum absolute atomic E-state index is 0.0140. The van der Waals surface area contributed by atoms with Crippen LogP contribution in [0.1, 0.15) is 65.7 Å². The van der Waals surface area contributed by atoms with Gasteiger partial charge in [0.1, 0.15) is 11.9 Å². The van der Waals surface area contributed by atoms with Gasteiger partial charge in [-0.1, -0.05) is 20.8 Å². The van der Waals surface area contributed by atoms with Crippen molar-refractivity contribution in [3.05, 3.63) is 24.3 Å². The number of rotatable bonds is 6. The summed E-state index contributed by atoms with van der Waals surface area (Å²) in [5.74, 6) is 1.30. The maximum absolute atomic E-state index is 13.3. The summed E-state index contributed by atoms with van der Waals surface area (Å²) in [6, 6.07) is 7.02. The third-order valence-electron chi connectivity index (χ3n) is 9.79. The molecule has 3 aliphatic rings. The third kappa shape index (κ3) is 5.60.